The maximum absolute atomic E-state index is 11.9. The van der Waals surface area contributed by atoms with Crippen LogP contribution in [0.25, 0.3) is 0 Å². The molecule has 0 spiro atoms. The highest BCUT2D eigenvalue weighted by Gasteiger charge is 2.30. The van der Waals surface area contributed by atoms with Crippen LogP contribution in [0.15, 0.2) is 18.2 Å². The van der Waals surface area contributed by atoms with Gasteiger partial charge < -0.3 is 20.5 Å². The molecule has 1 aromatic carbocycles. The van der Waals surface area contributed by atoms with E-state index in [1.165, 1.54) is 0 Å². The van der Waals surface area contributed by atoms with E-state index in [2.05, 4.69) is 10.6 Å². The summed E-state index contributed by atoms with van der Waals surface area (Å²) >= 11 is 11.8. The second-order valence-electron chi connectivity index (χ2n) is 5.56. The summed E-state index contributed by atoms with van der Waals surface area (Å²) in [6, 6.07) is 4.67. The van der Waals surface area contributed by atoms with E-state index >= 15 is 0 Å². The highest BCUT2D eigenvalue weighted by molar-refractivity contribution is 6.42. The average molecular weight is 347 g/mol. The second kappa shape index (κ2) is 7.51. The highest BCUT2D eigenvalue weighted by Crippen LogP contribution is 2.25. The largest absolute Gasteiger partial charge is 0.388 e. The van der Waals surface area contributed by atoms with Crippen LogP contribution in [-0.2, 0) is 4.74 Å². The van der Waals surface area contributed by atoms with E-state index < -0.39 is 5.60 Å². The van der Waals surface area contributed by atoms with Gasteiger partial charge in [0.05, 0.1) is 21.7 Å². The molecule has 0 aliphatic carbocycles. The van der Waals surface area contributed by atoms with Crippen molar-refractivity contribution >= 4 is 29.2 Å². The van der Waals surface area contributed by atoms with Crippen LogP contribution in [0.2, 0.25) is 10.0 Å². The first-order chi connectivity index (χ1) is 10.4. The van der Waals surface area contributed by atoms with Crippen LogP contribution in [0.3, 0.4) is 0 Å². The Morgan fingerprint density at radius 1 is 1.36 bits per heavy atom. The van der Waals surface area contributed by atoms with Gasteiger partial charge in [0.1, 0.15) is 0 Å². The fourth-order valence-electron chi connectivity index (χ4n) is 2.29. The zero-order valence-corrected chi connectivity index (χ0v) is 13.9. The van der Waals surface area contributed by atoms with Crippen LogP contribution in [0, 0.1) is 0 Å². The summed E-state index contributed by atoms with van der Waals surface area (Å²) < 4.78 is 5.20. The summed E-state index contributed by atoms with van der Waals surface area (Å²) in [5.74, 6) is 0. The number of carbonyl (C=O) groups excluding carboxylic acids is 1. The molecule has 0 aromatic heterocycles. The van der Waals surface area contributed by atoms with Gasteiger partial charge in [0.2, 0.25) is 0 Å². The van der Waals surface area contributed by atoms with Crippen molar-refractivity contribution in [3.8, 4) is 0 Å². The predicted molar refractivity (Wildman–Crippen MR) is 86.4 cm³/mol. The van der Waals surface area contributed by atoms with Crippen LogP contribution in [0.4, 0.5) is 4.79 Å². The van der Waals surface area contributed by atoms with Crippen molar-refractivity contribution in [1.82, 2.24) is 10.6 Å². The van der Waals surface area contributed by atoms with Gasteiger partial charge in [-0.3, -0.25) is 0 Å². The number of ether oxygens (including phenoxy) is 1. The van der Waals surface area contributed by atoms with Gasteiger partial charge in [-0.2, -0.15) is 0 Å². The first-order valence-electron chi connectivity index (χ1n) is 7.19. The van der Waals surface area contributed by atoms with Crippen LogP contribution >= 0.6 is 23.2 Å². The third kappa shape index (κ3) is 4.74. The minimum atomic E-state index is -0.886. The molecule has 0 radical (unpaired) electrons. The van der Waals surface area contributed by atoms with Gasteiger partial charge in [0.15, 0.2) is 0 Å². The van der Waals surface area contributed by atoms with Crippen LogP contribution in [0.1, 0.15) is 31.4 Å². The number of urea groups is 1. The molecule has 1 aliphatic heterocycles. The zero-order chi connectivity index (χ0) is 16.2. The maximum Gasteiger partial charge on any atom is 0.315 e. The van der Waals surface area contributed by atoms with E-state index in [0.29, 0.717) is 36.1 Å². The summed E-state index contributed by atoms with van der Waals surface area (Å²) in [6.07, 6.45) is 1.05. The van der Waals surface area contributed by atoms with Gasteiger partial charge in [-0.15, -0.1) is 0 Å². The number of rotatable bonds is 4. The summed E-state index contributed by atoms with van der Waals surface area (Å²) in [4.78, 5) is 11.9. The Labute approximate surface area is 139 Å². The second-order valence-corrected chi connectivity index (χ2v) is 6.37. The van der Waals surface area contributed by atoms with E-state index in [1.54, 1.807) is 12.1 Å². The van der Waals surface area contributed by atoms with Crippen molar-refractivity contribution in [2.45, 2.75) is 31.4 Å². The molecule has 1 heterocycles. The average Bonchev–Trinajstić information content (AvgIpc) is 2.49. The van der Waals surface area contributed by atoms with Crippen molar-refractivity contribution in [2.24, 2.45) is 0 Å². The molecule has 122 valence electrons. The predicted octanol–water partition coefficient (Wildman–Crippen LogP) is 2.90. The lowest BCUT2D eigenvalue weighted by Gasteiger charge is -2.32. The molecule has 0 saturated carbocycles. The van der Waals surface area contributed by atoms with E-state index in [9.17, 15) is 9.90 Å². The number of carbonyl (C=O) groups is 1. The third-order valence-electron chi connectivity index (χ3n) is 3.79. The summed E-state index contributed by atoms with van der Waals surface area (Å²) in [5.41, 5.74) is -0.0306. The lowest BCUT2D eigenvalue weighted by atomic mass is 9.94. The molecule has 1 aliphatic rings. The van der Waals surface area contributed by atoms with E-state index in [4.69, 9.17) is 27.9 Å². The first kappa shape index (κ1) is 17.3. The third-order valence-corrected chi connectivity index (χ3v) is 4.53. The number of aliphatic hydroxyl groups is 1. The maximum atomic E-state index is 11.9. The van der Waals surface area contributed by atoms with Gasteiger partial charge >= 0.3 is 6.03 Å². The molecule has 3 N–H and O–H groups in total. The molecule has 2 amide bonds. The number of amides is 2. The normalized spacial score (nSPS) is 18.5. The molecule has 5 nitrogen and oxygen atoms in total. The number of benzene rings is 1. The minimum Gasteiger partial charge on any atom is -0.388 e. The Morgan fingerprint density at radius 2 is 2.05 bits per heavy atom. The van der Waals surface area contributed by atoms with E-state index in [0.717, 1.165) is 5.56 Å². The quantitative estimate of drug-likeness (QED) is 0.784. The van der Waals surface area contributed by atoms with Gasteiger partial charge in [-0.05, 0) is 24.6 Å². The van der Waals surface area contributed by atoms with Crippen molar-refractivity contribution < 1.29 is 14.6 Å². The molecule has 0 bridgehead atoms. The van der Waals surface area contributed by atoms with Gasteiger partial charge in [0.25, 0.3) is 0 Å². The fraction of sp³-hybridized carbons (Fsp3) is 0.533. The molecule has 2 rings (SSSR count). The standard InChI is InChI=1S/C15H20Cl2N2O3/c1-10(11-2-3-12(16)13(17)8-11)19-14(20)18-9-15(21)4-6-22-7-5-15/h2-3,8,10,21H,4-7,9H2,1H3,(H2,18,19,20). The van der Waals surface area contributed by atoms with Crippen molar-refractivity contribution in [2.75, 3.05) is 19.8 Å². The minimum absolute atomic E-state index is 0.205. The molecule has 22 heavy (non-hydrogen) atoms. The fourth-order valence-corrected chi connectivity index (χ4v) is 2.59. The highest BCUT2D eigenvalue weighted by atomic mass is 35.5. The smallest absolute Gasteiger partial charge is 0.315 e. The molecule has 1 aromatic rings. The van der Waals surface area contributed by atoms with Gasteiger partial charge in [-0.1, -0.05) is 29.3 Å². The van der Waals surface area contributed by atoms with Gasteiger partial charge in [0, 0.05) is 32.6 Å². The molecular formula is C15H20Cl2N2O3. The SMILES string of the molecule is CC(NC(=O)NCC1(O)CCOCC1)c1ccc(Cl)c(Cl)c1. The summed E-state index contributed by atoms with van der Waals surface area (Å²) in [6.45, 7) is 3.08. The van der Waals surface area contributed by atoms with E-state index in [1.807, 2.05) is 13.0 Å². The molecule has 1 fully saturated rings. The van der Waals surface area contributed by atoms with Crippen molar-refractivity contribution in [3.05, 3.63) is 33.8 Å². The van der Waals surface area contributed by atoms with Crippen LogP contribution in [-0.4, -0.2) is 36.5 Å². The zero-order valence-electron chi connectivity index (χ0n) is 12.4. The monoisotopic (exact) mass is 346 g/mol. The van der Waals surface area contributed by atoms with Crippen molar-refractivity contribution in [1.29, 1.82) is 0 Å². The lowest BCUT2D eigenvalue weighted by Crippen LogP contribution is -2.49. The summed E-state index contributed by atoms with van der Waals surface area (Å²) in [7, 11) is 0. The molecule has 7 heteroatoms. The Hall–Kier alpha value is -1.01. The molecule has 1 unspecified atom stereocenters. The Bertz CT molecular complexity index is 534. The Kier molecular flexibility index (Phi) is 5.92. The number of hydrogen-bond acceptors (Lipinski definition) is 3. The van der Waals surface area contributed by atoms with Gasteiger partial charge in [-0.25, -0.2) is 4.79 Å². The van der Waals surface area contributed by atoms with E-state index in [-0.39, 0.29) is 18.6 Å². The van der Waals surface area contributed by atoms with Crippen LogP contribution in [0.5, 0.6) is 0 Å². The Balaban J connectivity index is 1.84. The lowest BCUT2D eigenvalue weighted by molar-refractivity contribution is -0.0600. The van der Waals surface area contributed by atoms with Crippen molar-refractivity contribution in [3.63, 3.8) is 0 Å². The Morgan fingerprint density at radius 3 is 2.68 bits per heavy atom. The number of nitrogens with one attached hydrogen (secondary N) is 2. The molecule has 1 saturated heterocycles. The topological polar surface area (TPSA) is 70.6 Å². The number of halogens is 2. The first-order valence-corrected chi connectivity index (χ1v) is 7.95. The number of hydrogen-bond donors (Lipinski definition) is 3. The summed E-state index contributed by atoms with van der Waals surface area (Å²) in [5, 5.41) is 16.7. The molecule has 1 atom stereocenters. The van der Waals surface area contributed by atoms with Crippen LogP contribution < -0.4 is 10.6 Å². The molecular weight excluding hydrogens is 327 g/mol.